The highest BCUT2D eigenvalue weighted by Gasteiger charge is 2.10. The van der Waals surface area contributed by atoms with Crippen molar-refractivity contribution < 1.29 is 17.9 Å². The molecule has 0 unspecified atom stereocenters. The van der Waals surface area contributed by atoms with E-state index in [0.29, 0.717) is 12.7 Å². The van der Waals surface area contributed by atoms with Gasteiger partial charge in [0.2, 0.25) is 0 Å². The second-order valence-corrected chi connectivity index (χ2v) is 4.60. The molecule has 0 aliphatic rings. The summed E-state index contributed by atoms with van der Waals surface area (Å²) < 4.78 is 45.0. The Morgan fingerprint density at radius 3 is 2.43 bits per heavy atom. The summed E-state index contributed by atoms with van der Waals surface area (Å²) in [7, 11) is 0. The molecule has 0 aliphatic carbocycles. The third-order valence-electron chi connectivity index (χ3n) is 2.87. The Balaban J connectivity index is 2.00. The van der Waals surface area contributed by atoms with Crippen molar-refractivity contribution in [2.45, 2.75) is 19.9 Å². The first-order valence-electron chi connectivity index (χ1n) is 6.70. The number of hydrogen-bond acceptors (Lipinski definition) is 2. The molecule has 0 radical (unpaired) electrons. The molecule has 0 fully saturated rings. The molecule has 0 aliphatic heterocycles. The van der Waals surface area contributed by atoms with E-state index in [9.17, 15) is 13.2 Å². The SMILES string of the molecule is CCCOc1ccc(CNc2cc(F)cc(F)c2F)cc1. The van der Waals surface area contributed by atoms with Gasteiger partial charge in [-0.25, -0.2) is 13.2 Å². The molecule has 2 aromatic rings. The van der Waals surface area contributed by atoms with Crippen molar-refractivity contribution >= 4 is 5.69 Å². The van der Waals surface area contributed by atoms with Gasteiger partial charge in [0.25, 0.3) is 0 Å². The molecule has 0 bridgehead atoms. The zero-order valence-electron chi connectivity index (χ0n) is 11.6. The van der Waals surface area contributed by atoms with Crippen LogP contribution in [-0.2, 0) is 6.54 Å². The van der Waals surface area contributed by atoms with E-state index in [4.69, 9.17) is 4.74 Å². The second-order valence-electron chi connectivity index (χ2n) is 4.60. The van der Waals surface area contributed by atoms with Gasteiger partial charge in [-0.1, -0.05) is 19.1 Å². The smallest absolute Gasteiger partial charge is 0.182 e. The summed E-state index contributed by atoms with van der Waals surface area (Å²) in [5, 5.41) is 2.68. The van der Waals surface area contributed by atoms with E-state index in [-0.39, 0.29) is 12.2 Å². The van der Waals surface area contributed by atoms with Crippen molar-refractivity contribution in [3.05, 3.63) is 59.4 Å². The molecule has 0 atom stereocenters. The average Bonchev–Trinajstić information content (AvgIpc) is 2.48. The van der Waals surface area contributed by atoms with Gasteiger partial charge in [0.15, 0.2) is 11.6 Å². The van der Waals surface area contributed by atoms with Crippen molar-refractivity contribution in [1.29, 1.82) is 0 Å². The van der Waals surface area contributed by atoms with E-state index in [1.807, 2.05) is 19.1 Å². The molecule has 21 heavy (non-hydrogen) atoms. The summed E-state index contributed by atoms with van der Waals surface area (Å²) in [6.07, 6.45) is 0.924. The molecule has 0 saturated heterocycles. The predicted octanol–water partition coefficient (Wildman–Crippen LogP) is 4.50. The van der Waals surface area contributed by atoms with Crippen LogP contribution < -0.4 is 10.1 Å². The molecule has 0 heterocycles. The van der Waals surface area contributed by atoms with Gasteiger partial charge in [-0.05, 0) is 24.1 Å². The van der Waals surface area contributed by atoms with E-state index in [1.165, 1.54) is 0 Å². The normalized spacial score (nSPS) is 10.5. The van der Waals surface area contributed by atoms with Crippen LogP contribution in [-0.4, -0.2) is 6.61 Å². The summed E-state index contributed by atoms with van der Waals surface area (Å²) in [5.41, 5.74) is 0.654. The maximum absolute atomic E-state index is 13.5. The Labute approximate surface area is 121 Å². The Hall–Kier alpha value is -2.17. The lowest BCUT2D eigenvalue weighted by Crippen LogP contribution is -2.04. The Morgan fingerprint density at radius 1 is 1.05 bits per heavy atom. The maximum Gasteiger partial charge on any atom is 0.182 e. The van der Waals surface area contributed by atoms with Crippen LogP contribution in [0, 0.1) is 17.5 Å². The highest BCUT2D eigenvalue weighted by Crippen LogP contribution is 2.20. The number of rotatable bonds is 6. The third kappa shape index (κ3) is 4.15. The van der Waals surface area contributed by atoms with Gasteiger partial charge in [-0.2, -0.15) is 0 Å². The molecular weight excluding hydrogens is 279 g/mol. The maximum atomic E-state index is 13.5. The number of ether oxygens (including phenoxy) is 1. The number of benzene rings is 2. The Bertz CT molecular complexity index is 599. The molecule has 1 N–H and O–H groups in total. The van der Waals surface area contributed by atoms with Crippen molar-refractivity contribution in [3.8, 4) is 5.75 Å². The van der Waals surface area contributed by atoms with Crippen LogP contribution in [0.1, 0.15) is 18.9 Å². The summed E-state index contributed by atoms with van der Waals surface area (Å²) in [5.74, 6) is -2.36. The standard InChI is InChI=1S/C16H16F3NO/c1-2-7-21-13-5-3-11(4-6-13)10-20-15-9-12(17)8-14(18)16(15)19/h3-6,8-9,20H,2,7,10H2,1H3. The zero-order chi connectivity index (χ0) is 15.2. The van der Waals surface area contributed by atoms with Gasteiger partial charge in [0.1, 0.15) is 11.6 Å². The van der Waals surface area contributed by atoms with Gasteiger partial charge in [-0.3, -0.25) is 0 Å². The first-order valence-corrected chi connectivity index (χ1v) is 6.70. The zero-order valence-corrected chi connectivity index (χ0v) is 11.6. The van der Waals surface area contributed by atoms with Gasteiger partial charge < -0.3 is 10.1 Å². The minimum absolute atomic E-state index is 0.196. The average molecular weight is 295 g/mol. The van der Waals surface area contributed by atoms with Crippen LogP contribution in [0.2, 0.25) is 0 Å². The predicted molar refractivity (Wildman–Crippen MR) is 75.9 cm³/mol. The molecule has 0 amide bonds. The van der Waals surface area contributed by atoms with Crippen LogP contribution in [0.5, 0.6) is 5.75 Å². The molecule has 5 heteroatoms. The van der Waals surface area contributed by atoms with Crippen molar-refractivity contribution in [3.63, 3.8) is 0 Å². The molecule has 112 valence electrons. The number of hydrogen-bond donors (Lipinski definition) is 1. The topological polar surface area (TPSA) is 21.3 Å². The van der Waals surface area contributed by atoms with E-state index < -0.39 is 17.5 Å². The highest BCUT2D eigenvalue weighted by molar-refractivity contribution is 5.46. The van der Waals surface area contributed by atoms with Crippen molar-refractivity contribution in [2.24, 2.45) is 0 Å². The highest BCUT2D eigenvalue weighted by atomic mass is 19.2. The lowest BCUT2D eigenvalue weighted by molar-refractivity contribution is 0.317. The lowest BCUT2D eigenvalue weighted by Gasteiger charge is -2.09. The fourth-order valence-electron chi connectivity index (χ4n) is 1.81. The number of anilines is 1. The van der Waals surface area contributed by atoms with E-state index >= 15 is 0 Å². The van der Waals surface area contributed by atoms with Crippen LogP contribution in [0.25, 0.3) is 0 Å². The molecule has 0 spiro atoms. The second kappa shape index (κ2) is 7.02. The van der Waals surface area contributed by atoms with Gasteiger partial charge >= 0.3 is 0 Å². The summed E-state index contributed by atoms with van der Waals surface area (Å²) >= 11 is 0. The minimum atomic E-state index is -1.21. The first-order chi connectivity index (χ1) is 10.1. The molecule has 0 aromatic heterocycles. The molecule has 2 aromatic carbocycles. The molecule has 2 rings (SSSR count). The first kappa shape index (κ1) is 15.2. The van der Waals surface area contributed by atoms with E-state index in [1.54, 1.807) is 12.1 Å². The molecular formula is C16H16F3NO. The molecule has 2 nitrogen and oxygen atoms in total. The quantitative estimate of drug-likeness (QED) is 0.792. The van der Waals surface area contributed by atoms with E-state index in [2.05, 4.69) is 5.32 Å². The van der Waals surface area contributed by atoms with Crippen LogP contribution in [0.15, 0.2) is 36.4 Å². The lowest BCUT2D eigenvalue weighted by atomic mass is 10.2. The fourth-order valence-corrected chi connectivity index (χ4v) is 1.81. The van der Waals surface area contributed by atoms with Gasteiger partial charge in [0, 0.05) is 18.7 Å². The van der Waals surface area contributed by atoms with Crippen LogP contribution in [0.4, 0.5) is 18.9 Å². The molecule has 0 saturated carbocycles. The monoisotopic (exact) mass is 295 g/mol. The summed E-state index contributed by atoms with van der Waals surface area (Å²) in [6.45, 7) is 2.92. The van der Waals surface area contributed by atoms with Crippen LogP contribution >= 0.6 is 0 Å². The Kier molecular flexibility index (Phi) is 5.09. The Morgan fingerprint density at radius 2 is 1.76 bits per heavy atom. The van der Waals surface area contributed by atoms with Crippen molar-refractivity contribution in [1.82, 2.24) is 0 Å². The van der Waals surface area contributed by atoms with Crippen molar-refractivity contribution in [2.75, 3.05) is 11.9 Å². The van der Waals surface area contributed by atoms with Gasteiger partial charge in [-0.15, -0.1) is 0 Å². The van der Waals surface area contributed by atoms with Crippen LogP contribution in [0.3, 0.4) is 0 Å². The third-order valence-corrected chi connectivity index (χ3v) is 2.87. The van der Waals surface area contributed by atoms with E-state index in [0.717, 1.165) is 23.8 Å². The fraction of sp³-hybridized carbons (Fsp3) is 0.250. The number of nitrogens with one attached hydrogen (secondary N) is 1. The minimum Gasteiger partial charge on any atom is -0.494 e. The summed E-state index contributed by atoms with van der Waals surface area (Å²) in [4.78, 5) is 0. The summed E-state index contributed by atoms with van der Waals surface area (Å²) in [6, 6.07) is 8.67. The largest absolute Gasteiger partial charge is 0.494 e. The number of halogens is 3. The van der Waals surface area contributed by atoms with Gasteiger partial charge in [0.05, 0.1) is 12.3 Å².